The maximum Gasteiger partial charge on any atom is 0.307 e. The van der Waals surface area contributed by atoms with Crippen molar-refractivity contribution in [1.29, 1.82) is 0 Å². The lowest BCUT2D eigenvalue weighted by atomic mass is 9.99. The minimum absolute atomic E-state index is 0.0141. The molecule has 0 saturated carbocycles. The number of carboxylic acid groups (broad SMARTS) is 1. The van der Waals surface area contributed by atoms with E-state index in [1.165, 1.54) is 7.11 Å². The number of imidazole rings is 1. The highest BCUT2D eigenvalue weighted by Gasteiger charge is 2.33. The fourth-order valence-electron chi connectivity index (χ4n) is 7.04. The van der Waals surface area contributed by atoms with Crippen molar-refractivity contribution in [3.05, 3.63) is 86.7 Å². The third-order valence-electron chi connectivity index (χ3n) is 9.65. The third kappa shape index (κ3) is 6.25. The molecule has 1 aromatic heterocycles. The molecule has 2 N–H and O–H groups in total. The lowest BCUT2D eigenvalue weighted by molar-refractivity contribution is -0.141. The molecular formula is C36H36Cl2FN5O6. The second kappa shape index (κ2) is 13.7. The highest BCUT2D eigenvalue weighted by molar-refractivity contribution is 6.36. The first-order valence-corrected chi connectivity index (χ1v) is 17.0. The molecule has 4 aromatic rings. The largest absolute Gasteiger partial charge is 0.493 e. The van der Waals surface area contributed by atoms with E-state index in [0.29, 0.717) is 70.6 Å². The molecule has 4 heterocycles. The van der Waals surface area contributed by atoms with Gasteiger partial charge >= 0.3 is 5.97 Å². The first kappa shape index (κ1) is 34.1. The van der Waals surface area contributed by atoms with Crippen LogP contribution in [0.15, 0.2) is 42.5 Å². The van der Waals surface area contributed by atoms with E-state index in [4.69, 9.17) is 37.4 Å². The van der Waals surface area contributed by atoms with Gasteiger partial charge in [0.1, 0.15) is 12.4 Å². The summed E-state index contributed by atoms with van der Waals surface area (Å²) in [4.78, 5) is 33.5. The van der Waals surface area contributed by atoms with E-state index in [9.17, 15) is 14.7 Å². The number of ether oxygens (including phenoxy) is 3. The lowest BCUT2D eigenvalue weighted by Crippen LogP contribution is -2.27. The number of benzene rings is 3. The molecular weight excluding hydrogens is 688 g/mol. The average molecular weight is 725 g/mol. The average Bonchev–Trinajstić information content (AvgIpc) is 3.81. The van der Waals surface area contributed by atoms with Crippen LogP contribution in [-0.4, -0.2) is 76.7 Å². The summed E-state index contributed by atoms with van der Waals surface area (Å²) in [7, 11) is 5.25. The first-order valence-electron chi connectivity index (χ1n) is 16.3. The Hall–Kier alpha value is -4.36. The normalized spacial score (nSPS) is 18.8. The van der Waals surface area contributed by atoms with Crippen molar-refractivity contribution >= 4 is 40.8 Å². The number of hydrogen-bond acceptors (Lipinski definition) is 8. The van der Waals surface area contributed by atoms with Gasteiger partial charge in [-0.05, 0) is 32.1 Å². The number of likely N-dealkylation sites (tertiary alicyclic amines) is 1. The third-order valence-corrected chi connectivity index (χ3v) is 10.3. The van der Waals surface area contributed by atoms with Gasteiger partial charge in [-0.25, -0.2) is 4.98 Å². The van der Waals surface area contributed by atoms with E-state index < -0.39 is 23.8 Å². The standard InChI is InChI=1S/C36H36Cl2FN5O6/c1-42-12-11-27-26(17-42)40-34(43(27)2)35(45)41-25-9-5-6-21(29(25)38)22-7-4-8-23-28(18-49-32(22)23)50-33-24(37)14-20(31(48-3)30(33)39)16-44-13-10-19(15-44)36(46)47/h4-9,14,19,28H,10-13,15-18H2,1-3H3,(H,41,45)(H,46,47). The zero-order valence-corrected chi connectivity index (χ0v) is 29.3. The van der Waals surface area contributed by atoms with Gasteiger partial charge in [0.2, 0.25) is 5.82 Å². The Balaban J connectivity index is 1.12. The van der Waals surface area contributed by atoms with Crippen molar-refractivity contribution in [2.75, 3.05) is 45.7 Å². The number of amides is 1. The Bertz CT molecular complexity index is 2000. The van der Waals surface area contributed by atoms with Crippen LogP contribution in [0.1, 0.15) is 45.7 Å². The number of rotatable bonds is 9. The van der Waals surface area contributed by atoms with Crippen LogP contribution in [-0.2, 0) is 31.4 Å². The van der Waals surface area contributed by atoms with E-state index >= 15 is 4.39 Å². The van der Waals surface area contributed by atoms with Crippen LogP contribution in [0.4, 0.5) is 10.1 Å². The molecule has 3 aromatic carbocycles. The number of carbonyl (C=O) groups is 2. The summed E-state index contributed by atoms with van der Waals surface area (Å²) in [5.41, 5.74) is 4.84. The van der Waals surface area contributed by atoms with Gasteiger partial charge in [-0.1, -0.05) is 53.5 Å². The summed E-state index contributed by atoms with van der Waals surface area (Å²) >= 11 is 13.5. The second-order valence-corrected chi connectivity index (χ2v) is 13.7. The summed E-state index contributed by atoms with van der Waals surface area (Å²) in [6.07, 6.45) is 0.639. The number of halogens is 3. The zero-order valence-electron chi connectivity index (χ0n) is 27.8. The Morgan fingerprint density at radius 2 is 1.90 bits per heavy atom. The molecule has 0 bridgehead atoms. The summed E-state index contributed by atoms with van der Waals surface area (Å²) in [5.74, 6) is -1.78. The molecule has 1 amide bonds. The van der Waals surface area contributed by atoms with Crippen LogP contribution in [0.2, 0.25) is 10.0 Å². The molecule has 262 valence electrons. The summed E-state index contributed by atoms with van der Waals surface area (Å²) in [6.45, 7) is 2.88. The predicted molar refractivity (Wildman–Crippen MR) is 186 cm³/mol. The van der Waals surface area contributed by atoms with Crippen LogP contribution < -0.4 is 19.5 Å². The van der Waals surface area contributed by atoms with Gasteiger partial charge in [0.25, 0.3) is 5.91 Å². The number of hydrogen-bond donors (Lipinski definition) is 2. The molecule has 1 saturated heterocycles. The molecule has 1 fully saturated rings. The number of aliphatic carboxylic acids is 1. The summed E-state index contributed by atoms with van der Waals surface area (Å²) in [6, 6.07) is 12.5. The Morgan fingerprint density at radius 3 is 2.66 bits per heavy atom. The van der Waals surface area contributed by atoms with Crippen molar-refractivity contribution < 1.29 is 33.3 Å². The van der Waals surface area contributed by atoms with Gasteiger partial charge in [-0.2, -0.15) is 4.39 Å². The van der Waals surface area contributed by atoms with Crippen molar-refractivity contribution in [2.24, 2.45) is 13.0 Å². The molecule has 2 atom stereocenters. The van der Waals surface area contributed by atoms with Crippen LogP contribution in [0.25, 0.3) is 11.1 Å². The zero-order chi connectivity index (χ0) is 35.3. The minimum atomic E-state index is -0.844. The Kier molecular flexibility index (Phi) is 9.38. The van der Waals surface area contributed by atoms with E-state index in [0.717, 1.165) is 24.4 Å². The quantitative estimate of drug-likeness (QED) is 0.208. The van der Waals surface area contributed by atoms with Gasteiger partial charge in [-0.3, -0.25) is 14.5 Å². The minimum Gasteiger partial charge on any atom is -0.493 e. The van der Waals surface area contributed by atoms with Crippen LogP contribution in [0, 0.1) is 11.7 Å². The number of fused-ring (bicyclic) bond motifs is 2. The van der Waals surface area contributed by atoms with E-state index in [-0.39, 0.29) is 35.6 Å². The number of nitrogens with one attached hydrogen (secondary N) is 1. The SMILES string of the molecule is COc1c(CN2CCC(C(=O)O)C2)cc(Cl)c(OC2COc3c(-c4cccc(NC(=O)c5nc6c(n5C)CCN(C)C6)c4Cl)cccc32)c1F. The van der Waals surface area contributed by atoms with E-state index in [1.54, 1.807) is 18.2 Å². The van der Waals surface area contributed by atoms with Gasteiger partial charge in [-0.15, -0.1) is 0 Å². The molecule has 0 spiro atoms. The predicted octanol–water partition coefficient (Wildman–Crippen LogP) is 6.20. The Morgan fingerprint density at radius 1 is 1.12 bits per heavy atom. The monoisotopic (exact) mass is 723 g/mol. The lowest BCUT2D eigenvalue weighted by Gasteiger charge is -2.21. The van der Waals surface area contributed by atoms with Gasteiger partial charge in [0, 0.05) is 67.6 Å². The maximum absolute atomic E-state index is 15.9. The molecule has 11 nitrogen and oxygen atoms in total. The molecule has 3 aliphatic rings. The van der Waals surface area contributed by atoms with Crippen molar-refractivity contribution in [3.8, 4) is 28.4 Å². The molecule has 50 heavy (non-hydrogen) atoms. The molecule has 7 rings (SSSR count). The van der Waals surface area contributed by atoms with Crippen LogP contribution in [0.3, 0.4) is 0 Å². The molecule has 0 radical (unpaired) electrons. The maximum atomic E-state index is 15.9. The number of likely N-dealkylation sites (N-methyl/N-ethyl adjacent to an activating group) is 1. The molecule has 14 heteroatoms. The fraction of sp³-hybridized carbons (Fsp3) is 0.361. The number of nitrogens with zero attached hydrogens (tertiary/aromatic N) is 4. The number of carbonyl (C=O) groups excluding carboxylic acids is 1. The second-order valence-electron chi connectivity index (χ2n) is 12.9. The molecule has 0 aliphatic carbocycles. The molecule has 3 aliphatic heterocycles. The van der Waals surface area contributed by atoms with Crippen molar-refractivity contribution in [1.82, 2.24) is 19.4 Å². The highest BCUT2D eigenvalue weighted by Crippen LogP contribution is 2.47. The number of methoxy groups -OCH3 is 1. The fourth-order valence-corrected chi connectivity index (χ4v) is 7.58. The van der Waals surface area contributed by atoms with Gasteiger partial charge < -0.3 is 34.1 Å². The smallest absolute Gasteiger partial charge is 0.307 e. The summed E-state index contributed by atoms with van der Waals surface area (Å²) in [5, 5.41) is 12.7. The summed E-state index contributed by atoms with van der Waals surface area (Å²) < 4.78 is 35.5. The number of para-hydroxylation sites is 1. The van der Waals surface area contributed by atoms with Gasteiger partial charge in [0.05, 0.1) is 34.5 Å². The number of aromatic nitrogens is 2. The number of carboxylic acids is 1. The molecule has 2 unspecified atom stereocenters. The van der Waals surface area contributed by atoms with Gasteiger partial charge in [0.15, 0.2) is 23.4 Å². The Labute approximate surface area is 298 Å². The topological polar surface area (TPSA) is 118 Å². The first-order chi connectivity index (χ1) is 24.0. The van der Waals surface area contributed by atoms with Crippen molar-refractivity contribution in [3.63, 3.8) is 0 Å². The number of anilines is 1. The highest BCUT2D eigenvalue weighted by atomic mass is 35.5. The van der Waals surface area contributed by atoms with Crippen LogP contribution >= 0.6 is 23.2 Å². The van der Waals surface area contributed by atoms with E-state index in [2.05, 4.69) is 15.2 Å². The van der Waals surface area contributed by atoms with Crippen molar-refractivity contribution in [2.45, 2.75) is 32.0 Å². The van der Waals surface area contributed by atoms with E-state index in [1.807, 2.05) is 47.8 Å². The van der Waals surface area contributed by atoms with Crippen LogP contribution in [0.5, 0.6) is 17.2 Å².